The van der Waals surface area contributed by atoms with Gasteiger partial charge in [-0.25, -0.2) is 0 Å². The Morgan fingerprint density at radius 2 is 2.08 bits per heavy atom. The summed E-state index contributed by atoms with van der Waals surface area (Å²) in [6.45, 7) is 4.90. The number of methoxy groups -OCH3 is 1. The third-order valence-corrected chi connectivity index (χ3v) is 5.03. The van der Waals surface area contributed by atoms with Crippen LogP contribution in [0.2, 0.25) is 0 Å². The molecule has 24 heavy (non-hydrogen) atoms. The number of likely N-dealkylation sites (tertiary alicyclic amines) is 1. The zero-order chi connectivity index (χ0) is 16.9. The molecule has 2 aliphatic heterocycles. The molecule has 2 fully saturated rings. The minimum Gasteiger partial charge on any atom is -0.495 e. The van der Waals surface area contributed by atoms with Crippen LogP contribution in [0.15, 0.2) is 18.2 Å². The minimum absolute atomic E-state index is 0.100. The SMILES string of the molecule is COc1cc(N2CCC[C@H]2C(=O)NCCN2CCCC2)ccc1N. The van der Waals surface area contributed by atoms with Crippen LogP contribution in [0.3, 0.4) is 0 Å². The number of benzene rings is 1. The van der Waals surface area contributed by atoms with E-state index in [1.54, 1.807) is 7.11 Å². The number of nitrogens with zero attached hydrogens (tertiary/aromatic N) is 2. The highest BCUT2D eigenvalue weighted by Gasteiger charge is 2.31. The van der Waals surface area contributed by atoms with Gasteiger partial charge in [0.2, 0.25) is 5.91 Å². The van der Waals surface area contributed by atoms with Gasteiger partial charge in [-0.2, -0.15) is 0 Å². The van der Waals surface area contributed by atoms with Crippen LogP contribution in [0.5, 0.6) is 5.75 Å². The number of rotatable bonds is 6. The van der Waals surface area contributed by atoms with Crippen molar-refractivity contribution in [2.45, 2.75) is 31.7 Å². The van der Waals surface area contributed by atoms with Crippen LogP contribution in [0.4, 0.5) is 11.4 Å². The molecule has 2 heterocycles. The van der Waals surface area contributed by atoms with Gasteiger partial charge in [0, 0.05) is 31.4 Å². The van der Waals surface area contributed by atoms with Crippen LogP contribution in [0.25, 0.3) is 0 Å². The second kappa shape index (κ2) is 7.75. The second-order valence-corrected chi connectivity index (χ2v) is 6.62. The highest BCUT2D eigenvalue weighted by Crippen LogP contribution is 2.31. The van der Waals surface area contributed by atoms with Crippen molar-refractivity contribution in [1.82, 2.24) is 10.2 Å². The highest BCUT2D eigenvalue weighted by molar-refractivity contribution is 5.86. The fourth-order valence-electron chi connectivity index (χ4n) is 3.69. The van der Waals surface area contributed by atoms with Crippen LogP contribution in [-0.2, 0) is 4.79 Å². The minimum atomic E-state index is -0.100. The van der Waals surface area contributed by atoms with Crippen LogP contribution < -0.4 is 20.7 Å². The monoisotopic (exact) mass is 332 g/mol. The smallest absolute Gasteiger partial charge is 0.242 e. The molecule has 1 aromatic carbocycles. The number of hydrogen-bond acceptors (Lipinski definition) is 5. The zero-order valence-electron chi connectivity index (χ0n) is 14.5. The maximum Gasteiger partial charge on any atom is 0.242 e. The maximum absolute atomic E-state index is 12.6. The molecule has 2 aliphatic rings. The van der Waals surface area contributed by atoms with Crippen molar-refractivity contribution in [1.29, 1.82) is 0 Å². The Kier molecular flexibility index (Phi) is 5.45. The van der Waals surface area contributed by atoms with Crippen molar-refractivity contribution < 1.29 is 9.53 Å². The number of ether oxygens (including phenoxy) is 1. The highest BCUT2D eigenvalue weighted by atomic mass is 16.5. The number of hydrogen-bond donors (Lipinski definition) is 2. The molecule has 0 aromatic heterocycles. The summed E-state index contributed by atoms with van der Waals surface area (Å²) in [5.74, 6) is 0.787. The second-order valence-electron chi connectivity index (χ2n) is 6.62. The van der Waals surface area contributed by atoms with E-state index in [1.165, 1.54) is 12.8 Å². The zero-order valence-corrected chi connectivity index (χ0v) is 14.5. The summed E-state index contributed by atoms with van der Waals surface area (Å²) in [6.07, 6.45) is 4.48. The van der Waals surface area contributed by atoms with E-state index in [4.69, 9.17) is 10.5 Å². The fraction of sp³-hybridized carbons (Fsp3) is 0.611. The van der Waals surface area contributed by atoms with E-state index in [1.807, 2.05) is 18.2 Å². The first-order valence-electron chi connectivity index (χ1n) is 8.89. The first-order chi connectivity index (χ1) is 11.7. The molecular weight excluding hydrogens is 304 g/mol. The Morgan fingerprint density at radius 1 is 1.29 bits per heavy atom. The van der Waals surface area contributed by atoms with Gasteiger partial charge in [-0.3, -0.25) is 4.79 Å². The predicted octanol–water partition coefficient (Wildman–Crippen LogP) is 1.46. The summed E-state index contributed by atoms with van der Waals surface area (Å²) < 4.78 is 5.31. The number of nitrogens with two attached hydrogens (primary N) is 1. The van der Waals surface area contributed by atoms with E-state index in [0.29, 0.717) is 11.4 Å². The quantitative estimate of drug-likeness (QED) is 0.772. The van der Waals surface area contributed by atoms with Crippen molar-refractivity contribution in [3.05, 3.63) is 18.2 Å². The van der Waals surface area contributed by atoms with Crippen molar-refractivity contribution in [2.24, 2.45) is 0 Å². The lowest BCUT2D eigenvalue weighted by Crippen LogP contribution is -2.45. The number of nitrogens with one attached hydrogen (secondary N) is 1. The summed E-state index contributed by atoms with van der Waals surface area (Å²) in [4.78, 5) is 17.2. The van der Waals surface area contributed by atoms with Gasteiger partial charge in [-0.15, -0.1) is 0 Å². The van der Waals surface area contributed by atoms with Gasteiger partial charge in [0.1, 0.15) is 11.8 Å². The normalized spacial score (nSPS) is 21.2. The predicted molar refractivity (Wildman–Crippen MR) is 96.5 cm³/mol. The molecule has 0 bridgehead atoms. The maximum atomic E-state index is 12.6. The lowest BCUT2D eigenvalue weighted by Gasteiger charge is -2.27. The van der Waals surface area contributed by atoms with Gasteiger partial charge < -0.3 is 25.6 Å². The molecule has 6 nitrogen and oxygen atoms in total. The van der Waals surface area contributed by atoms with Gasteiger partial charge in [-0.05, 0) is 50.9 Å². The summed E-state index contributed by atoms with van der Waals surface area (Å²) in [6, 6.07) is 5.63. The average Bonchev–Trinajstić information content (AvgIpc) is 3.26. The Bertz CT molecular complexity index is 572. The van der Waals surface area contributed by atoms with E-state index in [2.05, 4.69) is 15.1 Å². The molecule has 0 unspecified atom stereocenters. The van der Waals surface area contributed by atoms with Crippen LogP contribution in [-0.4, -0.2) is 56.7 Å². The molecule has 0 aliphatic carbocycles. The summed E-state index contributed by atoms with van der Waals surface area (Å²) in [5, 5.41) is 3.11. The standard InChI is InChI=1S/C18H28N4O2/c1-24-17-13-14(6-7-15(17)19)22-11-4-5-16(22)18(23)20-8-12-21-9-2-3-10-21/h6-7,13,16H,2-5,8-12,19H2,1H3,(H,20,23)/t16-/m0/s1. The fourth-order valence-corrected chi connectivity index (χ4v) is 3.69. The molecule has 6 heteroatoms. The molecule has 0 radical (unpaired) electrons. The van der Waals surface area contributed by atoms with Crippen molar-refractivity contribution in [2.75, 3.05) is 50.5 Å². The van der Waals surface area contributed by atoms with E-state index in [-0.39, 0.29) is 11.9 Å². The number of nitrogen functional groups attached to an aromatic ring is 1. The first kappa shape index (κ1) is 16.9. The van der Waals surface area contributed by atoms with Crippen LogP contribution in [0, 0.1) is 0 Å². The van der Waals surface area contributed by atoms with E-state index >= 15 is 0 Å². The molecule has 1 amide bonds. The number of amides is 1. The van der Waals surface area contributed by atoms with Crippen LogP contribution >= 0.6 is 0 Å². The Hall–Kier alpha value is -1.95. The largest absolute Gasteiger partial charge is 0.495 e. The summed E-state index contributed by atoms with van der Waals surface area (Å²) in [5.41, 5.74) is 7.51. The molecule has 0 saturated carbocycles. The molecule has 3 rings (SSSR count). The summed E-state index contributed by atoms with van der Waals surface area (Å²) >= 11 is 0. The third-order valence-electron chi connectivity index (χ3n) is 5.03. The molecule has 3 N–H and O–H groups in total. The van der Waals surface area contributed by atoms with E-state index < -0.39 is 0 Å². The lowest BCUT2D eigenvalue weighted by molar-refractivity contribution is -0.122. The van der Waals surface area contributed by atoms with Gasteiger partial charge in [0.05, 0.1) is 12.8 Å². The molecule has 1 aromatic rings. The molecule has 0 spiro atoms. The average molecular weight is 332 g/mol. The number of anilines is 2. The Balaban J connectivity index is 1.58. The van der Waals surface area contributed by atoms with Gasteiger partial charge in [0.15, 0.2) is 0 Å². The molecule has 1 atom stereocenters. The van der Waals surface area contributed by atoms with Gasteiger partial charge >= 0.3 is 0 Å². The topological polar surface area (TPSA) is 70.8 Å². The van der Waals surface area contributed by atoms with Crippen molar-refractivity contribution in [3.8, 4) is 5.75 Å². The molecule has 2 saturated heterocycles. The van der Waals surface area contributed by atoms with Gasteiger partial charge in [-0.1, -0.05) is 0 Å². The number of carbonyl (C=O) groups excluding carboxylic acids is 1. The van der Waals surface area contributed by atoms with E-state index in [0.717, 1.165) is 51.3 Å². The van der Waals surface area contributed by atoms with Crippen molar-refractivity contribution in [3.63, 3.8) is 0 Å². The van der Waals surface area contributed by atoms with Crippen LogP contribution in [0.1, 0.15) is 25.7 Å². The van der Waals surface area contributed by atoms with Crippen molar-refractivity contribution >= 4 is 17.3 Å². The van der Waals surface area contributed by atoms with E-state index in [9.17, 15) is 4.79 Å². The number of carbonyl (C=O) groups is 1. The Morgan fingerprint density at radius 3 is 2.83 bits per heavy atom. The first-order valence-corrected chi connectivity index (χ1v) is 8.89. The lowest BCUT2D eigenvalue weighted by atomic mass is 10.2. The summed E-state index contributed by atoms with van der Waals surface area (Å²) in [7, 11) is 1.61. The molecular formula is C18H28N4O2. The molecule has 132 valence electrons. The third kappa shape index (κ3) is 3.75. The Labute approximate surface area is 143 Å². The van der Waals surface area contributed by atoms with Gasteiger partial charge in [0.25, 0.3) is 0 Å².